The Bertz CT molecular complexity index is 1040. The van der Waals surface area contributed by atoms with E-state index in [9.17, 15) is 18.4 Å². The van der Waals surface area contributed by atoms with Gasteiger partial charge < -0.3 is 10.1 Å². The molecule has 0 bridgehead atoms. The minimum atomic E-state index is -2.68. The highest BCUT2D eigenvalue weighted by molar-refractivity contribution is 6.04. The lowest BCUT2D eigenvalue weighted by molar-refractivity contribution is -0.0765. The zero-order valence-corrected chi connectivity index (χ0v) is 19.9. The summed E-state index contributed by atoms with van der Waals surface area (Å²) >= 11 is 0. The molecule has 0 saturated carbocycles. The number of carbonyl (C=O) groups excluding carboxylic acids is 2. The van der Waals surface area contributed by atoms with E-state index in [1.807, 2.05) is 43.3 Å². The number of alkyl halides is 2. The van der Waals surface area contributed by atoms with E-state index in [0.29, 0.717) is 55.5 Å². The standard InChI is InChI=1S/C28H33F2NO3/c1-3-24(32)22-15-20(25(33)12-8-7-11-21-13-14-31-17-28(21,29)30)16-23-26(18(2)34-27(22)23)19-9-5-4-6-10-19/h4-6,9-10,15-16,18,21,26,31H,3,7-8,11-14,17H2,1-2H3/t18-,21-,26+/m1/s1. The van der Waals surface area contributed by atoms with E-state index in [1.165, 1.54) is 0 Å². The number of ether oxygens (including phenoxy) is 1. The van der Waals surface area contributed by atoms with Gasteiger partial charge in [-0.05, 0) is 50.4 Å². The van der Waals surface area contributed by atoms with Crippen molar-refractivity contribution in [1.29, 1.82) is 0 Å². The van der Waals surface area contributed by atoms with Crippen LogP contribution in [0.4, 0.5) is 8.78 Å². The Labute approximate surface area is 200 Å². The first-order chi connectivity index (χ1) is 16.3. The number of piperidine rings is 1. The lowest BCUT2D eigenvalue weighted by Crippen LogP contribution is -2.45. The Morgan fingerprint density at radius 3 is 2.59 bits per heavy atom. The molecule has 4 rings (SSSR count). The van der Waals surface area contributed by atoms with Crippen LogP contribution in [0, 0.1) is 5.92 Å². The van der Waals surface area contributed by atoms with Crippen LogP contribution in [0.15, 0.2) is 42.5 Å². The Hall–Kier alpha value is -2.60. The summed E-state index contributed by atoms with van der Waals surface area (Å²) in [6.07, 6.45) is 2.48. The molecule has 6 heteroatoms. The van der Waals surface area contributed by atoms with Crippen molar-refractivity contribution in [2.75, 3.05) is 13.1 Å². The normalized spacial score (nSPS) is 23.2. The summed E-state index contributed by atoms with van der Waals surface area (Å²) in [7, 11) is 0. The first-order valence-corrected chi connectivity index (χ1v) is 12.4. The van der Waals surface area contributed by atoms with Crippen LogP contribution < -0.4 is 10.1 Å². The highest BCUT2D eigenvalue weighted by atomic mass is 19.3. The van der Waals surface area contributed by atoms with Crippen LogP contribution in [0.2, 0.25) is 0 Å². The maximum atomic E-state index is 14.0. The van der Waals surface area contributed by atoms with Crippen LogP contribution >= 0.6 is 0 Å². The van der Waals surface area contributed by atoms with E-state index < -0.39 is 11.8 Å². The Morgan fingerprint density at radius 1 is 1.12 bits per heavy atom. The van der Waals surface area contributed by atoms with E-state index in [-0.39, 0.29) is 36.6 Å². The van der Waals surface area contributed by atoms with Gasteiger partial charge in [0.1, 0.15) is 11.9 Å². The number of nitrogens with one attached hydrogen (secondary N) is 1. The summed E-state index contributed by atoms with van der Waals surface area (Å²) in [6, 6.07) is 13.5. The third-order valence-electron chi connectivity index (χ3n) is 7.16. The summed E-state index contributed by atoms with van der Waals surface area (Å²) in [5, 5.41) is 2.75. The maximum Gasteiger partial charge on any atom is 0.263 e. The summed E-state index contributed by atoms with van der Waals surface area (Å²) < 4.78 is 34.2. The third kappa shape index (κ3) is 5.07. The zero-order chi connectivity index (χ0) is 24.3. The van der Waals surface area contributed by atoms with Crippen molar-refractivity contribution >= 4 is 11.6 Å². The van der Waals surface area contributed by atoms with Crippen LogP contribution in [-0.4, -0.2) is 36.7 Å². The molecule has 2 aromatic carbocycles. The molecule has 4 nitrogen and oxygen atoms in total. The second-order valence-electron chi connectivity index (χ2n) is 9.52. The second-order valence-corrected chi connectivity index (χ2v) is 9.52. The summed E-state index contributed by atoms with van der Waals surface area (Å²) in [6.45, 7) is 4.14. The SMILES string of the molecule is CCC(=O)c1cc(C(=O)CCCC[C@@H]2CCNCC2(F)F)cc2c1O[C@H](C)[C@H]2c1ccccc1. The summed E-state index contributed by atoms with van der Waals surface area (Å²) in [5.41, 5.74) is 2.91. The van der Waals surface area contributed by atoms with Gasteiger partial charge >= 0.3 is 0 Å². The van der Waals surface area contributed by atoms with Gasteiger partial charge in [0.05, 0.1) is 12.1 Å². The molecule has 1 fully saturated rings. The Morgan fingerprint density at radius 2 is 1.88 bits per heavy atom. The van der Waals surface area contributed by atoms with Crippen LogP contribution in [-0.2, 0) is 0 Å². The molecule has 1 saturated heterocycles. The van der Waals surface area contributed by atoms with E-state index in [2.05, 4.69) is 5.32 Å². The first kappa shape index (κ1) is 24.5. The molecule has 1 N–H and O–H groups in total. The van der Waals surface area contributed by atoms with Crippen molar-refractivity contribution in [3.8, 4) is 5.75 Å². The molecule has 0 amide bonds. The number of hydrogen-bond acceptors (Lipinski definition) is 4. The molecule has 0 aromatic heterocycles. The van der Waals surface area contributed by atoms with Gasteiger partial charge in [-0.1, -0.05) is 43.7 Å². The molecule has 182 valence electrons. The number of carbonyl (C=O) groups is 2. The molecular formula is C28H33F2NO3. The van der Waals surface area contributed by atoms with Crippen LogP contribution in [0.1, 0.15) is 90.1 Å². The molecule has 2 aromatic rings. The predicted octanol–water partition coefficient (Wildman–Crippen LogP) is 6.18. The molecular weight excluding hydrogens is 436 g/mol. The van der Waals surface area contributed by atoms with Crippen molar-refractivity contribution in [3.63, 3.8) is 0 Å². The van der Waals surface area contributed by atoms with Crippen LogP contribution in [0.5, 0.6) is 5.75 Å². The fraction of sp³-hybridized carbons (Fsp3) is 0.500. The van der Waals surface area contributed by atoms with Gasteiger partial charge in [-0.2, -0.15) is 0 Å². The summed E-state index contributed by atoms with van der Waals surface area (Å²) in [4.78, 5) is 25.8. The smallest absolute Gasteiger partial charge is 0.263 e. The van der Waals surface area contributed by atoms with E-state index in [4.69, 9.17) is 4.74 Å². The summed E-state index contributed by atoms with van der Waals surface area (Å²) in [5.74, 6) is -2.90. The highest BCUT2D eigenvalue weighted by Gasteiger charge is 2.41. The van der Waals surface area contributed by atoms with Crippen LogP contribution in [0.25, 0.3) is 0 Å². The second kappa shape index (κ2) is 10.3. The van der Waals surface area contributed by atoms with Gasteiger partial charge in [-0.15, -0.1) is 0 Å². The number of fused-ring (bicyclic) bond motifs is 1. The third-order valence-corrected chi connectivity index (χ3v) is 7.16. The highest BCUT2D eigenvalue weighted by Crippen LogP contribution is 2.45. The van der Waals surface area contributed by atoms with E-state index in [0.717, 1.165) is 11.1 Å². The molecule has 0 unspecified atom stereocenters. The average Bonchev–Trinajstić information content (AvgIpc) is 3.17. The fourth-order valence-electron chi connectivity index (χ4n) is 5.25. The minimum Gasteiger partial charge on any atom is -0.489 e. The Balaban J connectivity index is 1.51. The number of rotatable bonds is 9. The minimum absolute atomic E-state index is 0.0556. The number of Topliss-reactive ketones (excluding diaryl/α,β-unsaturated/α-hetero) is 2. The van der Waals surface area contributed by atoms with Crippen molar-refractivity contribution in [1.82, 2.24) is 5.32 Å². The number of ketones is 2. The number of hydrogen-bond donors (Lipinski definition) is 1. The zero-order valence-electron chi connectivity index (χ0n) is 19.9. The van der Waals surface area contributed by atoms with Gasteiger partial charge in [0.2, 0.25) is 0 Å². The van der Waals surface area contributed by atoms with Crippen LogP contribution in [0.3, 0.4) is 0 Å². The molecule has 2 aliphatic rings. The van der Waals surface area contributed by atoms with Crippen molar-refractivity contribution in [3.05, 3.63) is 64.7 Å². The quantitative estimate of drug-likeness (QED) is 0.352. The van der Waals surface area contributed by atoms with Gasteiger partial charge in [0, 0.05) is 35.8 Å². The predicted molar refractivity (Wildman–Crippen MR) is 128 cm³/mol. The maximum absolute atomic E-state index is 14.0. The fourth-order valence-corrected chi connectivity index (χ4v) is 5.25. The lowest BCUT2D eigenvalue weighted by atomic mass is 9.85. The molecule has 0 radical (unpaired) electrons. The van der Waals surface area contributed by atoms with Crippen molar-refractivity contribution < 1.29 is 23.1 Å². The average molecular weight is 470 g/mol. The number of benzene rings is 2. The molecule has 3 atom stereocenters. The lowest BCUT2D eigenvalue weighted by Gasteiger charge is -2.31. The van der Waals surface area contributed by atoms with Crippen molar-refractivity contribution in [2.45, 2.75) is 70.3 Å². The van der Waals surface area contributed by atoms with Gasteiger partial charge in [0.15, 0.2) is 11.6 Å². The van der Waals surface area contributed by atoms with Crippen molar-refractivity contribution in [2.24, 2.45) is 5.92 Å². The molecule has 0 aliphatic carbocycles. The first-order valence-electron chi connectivity index (χ1n) is 12.4. The van der Waals surface area contributed by atoms with Gasteiger partial charge in [-0.3, -0.25) is 9.59 Å². The van der Waals surface area contributed by atoms with E-state index >= 15 is 0 Å². The topological polar surface area (TPSA) is 55.4 Å². The monoisotopic (exact) mass is 469 g/mol. The molecule has 2 heterocycles. The van der Waals surface area contributed by atoms with Gasteiger partial charge in [0.25, 0.3) is 5.92 Å². The van der Waals surface area contributed by atoms with E-state index in [1.54, 1.807) is 13.0 Å². The largest absolute Gasteiger partial charge is 0.489 e. The number of unbranched alkanes of at least 4 members (excludes halogenated alkanes) is 1. The van der Waals surface area contributed by atoms with Gasteiger partial charge in [-0.25, -0.2) is 8.78 Å². The molecule has 34 heavy (non-hydrogen) atoms. The molecule has 2 aliphatic heterocycles. The molecule has 0 spiro atoms. The number of halogens is 2. The Kier molecular flexibility index (Phi) is 7.46.